The Morgan fingerprint density at radius 3 is 2.34 bits per heavy atom. The maximum Gasteiger partial charge on any atom is 0.335 e. The Morgan fingerprint density at radius 1 is 0.947 bits per heavy atom. The first kappa shape index (κ1) is 26.8. The summed E-state index contributed by atoms with van der Waals surface area (Å²) in [6.07, 6.45) is 16.3. The van der Waals surface area contributed by atoms with Crippen LogP contribution in [0.3, 0.4) is 0 Å². The number of benzene rings is 2. The fourth-order valence-corrected chi connectivity index (χ4v) is 7.81. The Morgan fingerprint density at radius 2 is 1.63 bits per heavy atom. The molecule has 0 aliphatic heterocycles. The summed E-state index contributed by atoms with van der Waals surface area (Å²) in [5.74, 6) is 2.28. The van der Waals surface area contributed by atoms with Crippen molar-refractivity contribution in [3.05, 3.63) is 65.2 Å². The highest BCUT2D eigenvalue weighted by Gasteiger charge is 2.58. The molecule has 2 amide bonds. The van der Waals surface area contributed by atoms with Crippen molar-refractivity contribution in [3.8, 4) is 5.75 Å². The molecule has 0 spiro atoms. The molecule has 0 saturated heterocycles. The lowest BCUT2D eigenvalue weighted by Gasteiger charge is -2.62. The molecule has 204 valence electrons. The third kappa shape index (κ3) is 6.42. The molecule has 4 aliphatic rings. The van der Waals surface area contributed by atoms with Gasteiger partial charge in [-0.05, 0) is 105 Å². The molecule has 4 aliphatic carbocycles. The minimum Gasteiger partial charge on any atom is -0.494 e. The van der Waals surface area contributed by atoms with E-state index in [2.05, 4.69) is 54.0 Å². The van der Waals surface area contributed by atoms with Gasteiger partial charge in [-0.15, -0.1) is 0 Å². The van der Waals surface area contributed by atoms with Crippen LogP contribution in [0.25, 0.3) is 0 Å². The van der Waals surface area contributed by atoms with E-state index in [-0.39, 0.29) is 17.0 Å². The Balaban J connectivity index is 1.10. The zero-order valence-electron chi connectivity index (χ0n) is 23.3. The summed E-state index contributed by atoms with van der Waals surface area (Å²) in [5.41, 5.74) is 6.51. The minimum atomic E-state index is -0.193. The van der Waals surface area contributed by atoms with Crippen LogP contribution in [0.1, 0.15) is 101 Å². The quantitative estimate of drug-likeness (QED) is 0.173. The predicted octanol–water partition coefficient (Wildman–Crippen LogP) is 7.66. The van der Waals surface area contributed by atoms with Gasteiger partial charge in [-0.3, -0.25) is 0 Å². The number of carbonyl (C=O) groups excluding carboxylic acids is 1. The first-order chi connectivity index (χ1) is 18.5. The summed E-state index contributed by atoms with van der Waals surface area (Å²) < 4.78 is 5.87. The molecular formula is C33H45N3O2. The fraction of sp³-hybridized carbons (Fsp3) is 0.576. The number of hydrogen-bond acceptors (Lipinski definition) is 3. The topological polar surface area (TPSA) is 62.7 Å². The molecular weight excluding hydrogens is 470 g/mol. The molecule has 4 fully saturated rings. The molecule has 2 unspecified atom stereocenters. The Kier molecular flexibility index (Phi) is 8.40. The SMILES string of the molecule is CCCCCCCCOc1ccc(C=NNC(=O)NC23CC4CC(C2)CC(c2ccc(C)cc2)(C4)C3)cc1. The van der Waals surface area contributed by atoms with Gasteiger partial charge in [0.25, 0.3) is 0 Å². The summed E-state index contributed by atoms with van der Waals surface area (Å²) >= 11 is 0. The second-order valence-corrected chi connectivity index (χ2v) is 12.4. The van der Waals surface area contributed by atoms with Crippen LogP contribution in [-0.2, 0) is 5.41 Å². The molecule has 6 rings (SSSR count). The van der Waals surface area contributed by atoms with Crippen LogP contribution in [-0.4, -0.2) is 24.4 Å². The Labute approximate surface area is 228 Å². The van der Waals surface area contributed by atoms with Gasteiger partial charge in [0.15, 0.2) is 0 Å². The Hall–Kier alpha value is -2.82. The van der Waals surface area contributed by atoms with E-state index in [0.29, 0.717) is 11.8 Å². The van der Waals surface area contributed by atoms with Gasteiger partial charge >= 0.3 is 6.03 Å². The molecule has 2 atom stereocenters. The van der Waals surface area contributed by atoms with Gasteiger partial charge in [0.05, 0.1) is 12.8 Å². The van der Waals surface area contributed by atoms with Gasteiger partial charge < -0.3 is 10.1 Å². The number of ether oxygens (including phenoxy) is 1. The van der Waals surface area contributed by atoms with Crippen LogP contribution in [0.2, 0.25) is 0 Å². The molecule has 0 heterocycles. The fourth-order valence-electron chi connectivity index (χ4n) is 7.81. The number of rotatable bonds is 12. The molecule has 4 saturated carbocycles. The summed E-state index contributed by atoms with van der Waals surface area (Å²) in [4.78, 5) is 12.9. The highest BCUT2D eigenvalue weighted by atomic mass is 16.5. The predicted molar refractivity (Wildman–Crippen MR) is 155 cm³/mol. The van der Waals surface area contributed by atoms with Gasteiger partial charge in [-0.1, -0.05) is 68.9 Å². The average Bonchev–Trinajstić information content (AvgIpc) is 2.88. The van der Waals surface area contributed by atoms with Gasteiger partial charge in [-0.25, -0.2) is 10.2 Å². The van der Waals surface area contributed by atoms with E-state index in [4.69, 9.17) is 4.74 Å². The number of aryl methyl sites for hydroxylation is 1. The molecule has 5 nitrogen and oxygen atoms in total. The van der Waals surface area contributed by atoms with E-state index in [1.165, 1.54) is 62.5 Å². The normalized spacial score (nSPS) is 27.5. The zero-order valence-corrected chi connectivity index (χ0v) is 23.3. The largest absolute Gasteiger partial charge is 0.494 e. The highest BCUT2D eigenvalue weighted by Crippen LogP contribution is 2.62. The van der Waals surface area contributed by atoms with Crippen molar-refractivity contribution in [1.29, 1.82) is 0 Å². The highest BCUT2D eigenvalue weighted by molar-refractivity contribution is 5.82. The molecule has 38 heavy (non-hydrogen) atoms. The van der Waals surface area contributed by atoms with Crippen molar-refractivity contribution in [1.82, 2.24) is 10.7 Å². The maximum atomic E-state index is 12.9. The number of hydrogen-bond donors (Lipinski definition) is 2. The van der Waals surface area contributed by atoms with E-state index < -0.39 is 0 Å². The average molecular weight is 516 g/mol. The van der Waals surface area contributed by atoms with E-state index in [1.807, 2.05) is 24.3 Å². The smallest absolute Gasteiger partial charge is 0.335 e. The first-order valence-corrected chi connectivity index (χ1v) is 14.9. The summed E-state index contributed by atoms with van der Waals surface area (Å²) in [6.45, 7) is 5.15. The van der Waals surface area contributed by atoms with Crippen LogP contribution in [0.15, 0.2) is 53.6 Å². The second-order valence-electron chi connectivity index (χ2n) is 12.4. The van der Waals surface area contributed by atoms with Crippen molar-refractivity contribution < 1.29 is 9.53 Å². The van der Waals surface area contributed by atoms with Crippen LogP contribution in [0, 0.1) is 18.8 Å². The van der Waals surface area contributed by atoms with Crippen molar-refractivity contribution >= 4 is 12.2 Å². The van der Waals surface area contributed by atoms with Crippen LogP contribution in [0.5, 0.6) is 5.75 Å². The van der Waals surface area contributed by atoms with Crippen LogP contribution in [0.4, 0.5) is 4.79 Å². The van der Waals surface area contributed by atoms with E-state index in [9.17, 15) is 4.79 Å². The standard InChI is InChI=1S/C33H45N3O2/c1-3-4-5-6-7-8-17-38-30-15-11-26(12-16-30)23-34-36-31(37)35-33-21-27-18-28(22-33)20-32(19-27,24-33)29-13-9-25(2)10-14-29/h9-16,23,27-28H,3-8,17-22,24H2,1-2H3,(H2,35,36,37). The third-order valence-corrected chi connectivity index (χ3v) is 9.13. The van der Waals surface area contributed by atoms with E-state index >= 15 is 0 Å². The summed E-state index contributed by atoms with van der Waals surface area (Å²) in [6, 6.07) is 16.8. The Bertz CT molecular complexity index is 1080. The number of amides is 2. The van der Waals surface area contributed by atoms with Gasteiger partial charge in [0.1, 0.15) is 5.75 Å². The number of urea groups is 1. The maximum absolute atomic E-state index is 12.9. The molecule has 2 aromatic carbocycles. The van der Waals surface area contributed by atoms with Crippen molar-refractivity contribution in [2.24, 2.45) is 16.9 Å². The van der Waals surface area contributed by atoms with Gasteiger partial charge in [0.2, 0.25) is 0 Å². The minimum absolute atomic E-state index is 0.121. The van der Waals surface area contributed by atoms with E-state index in [0.717, 1.165) is 43.6 Å². The van der Waals surface area contributed by atoms with Crippen LogP contribution < -0.4 is 15.5 Å². The van der Waals surface area contributed by atoms with Crippen molar-refractivity contribution in [2.45, 2.75) is 102 Å². The van der Waals surface area contributed by atoms with Gasteiger partial charge in [-0.2, -0.15) is 5.10 Å². The molecule has 5 heteroatoms. The number of unbranched alkanes of at least 4 members (excludes halogenated alkanes) is 5. The lowest BCUT2D eigenvalue weighted by atomic mass is 9.45. The molecule has 2 N–H and O–H groups in total. The number of nitrogens with one attached hydrogen (secondary N) is 2. The van der Waals surface area contributed by atoms with Crippen LogP contribution >= 0.6 is 0 Å². The number of hydrazone groups is 1. The molecule has 0 aromatic heterocycles. The molecule has 4 bridgehead atoms. The van der Waals surface area contributed by atoms with Crippen molar-refractivity contribution in [2.75, 3.05) is 6.61 Å². The van der Waals surface area contributed by atoms with Gasteiger partial charge in [0, 0.05) is 5.54 Å². The number of carbonyl (C=O) groups is 1. The molecule has 2 aromatic rings. The van der Waals surface area contributed by atoms with E-state index in [1.54, 1.807) is 6.21 Å². The first-order valence-electron chi connectivity index (χ1n) is 14.9. The number of nitrogens with zero attached hydrogens (tertiary/aromatic N) is 1. The summed E-state index contributed by atoms with van der Waals surface area (Å²) in [5, 5.41) is 7.62. The molecule has 0 radical (unpaired) electrons. The summed E-state index contributed by atoms with van der Waals surface area (Å²) in [7, 11) is 0. The lowest BCUT2D eigenvalue weighted by Crippen LogP contribution is -2.65. The van der Waals surface area contributed by atoms with Crippen molar-refractivity contribution in [3.63, 3.8) is 0 Å². The lowest BCUT2D eigenvalue weighted by molar-refractivity contribution is -0.0349. The monoisotopic (exact) mass is 515 g/mol. The zero-order chi connectivity index (χ0) is 26.4. The third-order valence-electron chi connectivity index (χ3n) is 9.13. The second kappa shape index (κ2) is 11.9.